The van der Waals surface area contributed by atoms with Crippen LogP contribution in [0, 0.1) is 0 Å². The lowest BCUT2D eigenvalue weighted by Crippen LogP contribution is -2.42. The van der Waals surface area contributed by atoms with Gasteiger partial charge in [-0.2, -0.15) is 0 Å². The van der Waals surface area contributed by atoms with Crippen molar-refractivity contribution in [3.8, 4) is 0 Å². The second kappa shape index (κ2) is 11.9. The van der Waals surface area contributed by atoms with Gasteiger partial charge in [-0.05, 0) is 64.2 Å². The number of rotatable bonds is 6. The highest BCUT2D eigenvalue weighted by Crippen LogP contribution is 2.76. The molecule has 0 aromatic heterocycles. The largest absolute Gasteiger partial charge is 0.323 e. The Balaban J connectivity index is 1.54. The summed E-state index contributed by atoms with van der Waals surface area (Å²) in [5.74, 6) is 0. The second-order valence-corrected chi connectivity index (χ2v) is 20.4. The fourth-order valence-electron chi connectivity index (χ4n) is 9.65. The average Bonchev–Trinajstić information content (AvgIpc) is 2.94. The van der Waals surface area contributed by atoms with E-state index in [4.69, 9.17) is 0 Å². The quantitative estimate of drug-likeness (QED) is 0.334. The molecule has 0 spiro atoms. The highest BCUT2D eigenvalue weighted by Gasteiger charge is 2.57. The van der Waals surface area contributed by atoms with Gasteiger partial charge in [-0.1, -0.05) is 89.9 Å². The fourth-order valence-corrected chi connectivity index (χ4v) is 21.5. The van der Waals surface area contributed by atoms with Crippen LogP contribution in [-0.4, -0.2) is 34.0 Å². The molecule has 5 saturated carbocycles. The van der Waals surface area contributed by atoms with Crippen LogP contribution < -0.4 is 0 Å². The molecule has 5 aliphatic carbocycles. The van der Waals surface area contributed by atoms with Gasteiger partial charge in [-0.25, -0.2) is 0 Å². The van der Waals surface area contributed by atoms with Crippen LogP contribution in [-0.2, 0) is 9.13 Å². The highest BCUT2D eigenvalue weighted by atomic mass is 31.2. The molecule has 0 bridgehead atoms. The molecular weight excluding hydrogens is 454 g/mol. The van der Waals surface area contributed by atoms with Gasteiger partial charge in [0.1, 0.15) is 0 Å². The third-order valence-corrected chi connectivity index (χ3v) is 21.5. The van der Waals surface area contributed by atoms with E-state index in [0.717, 1.165) is 12.8 Å². The topological polar surface area (TPSA) is 34.1 Å². The summed E-state index contributed by atoms with van der Waals surface area (Å²) in [6.45, 7) is 0. The molecule has 4 heteroatoms. The van der Waals surface area contributed by atoms with Gasteiger partial charge in [-0.15, -0.1) is 0 Å². The SMILES string of the molecule is O=P(C1CCCCC1)(C1CCCCC1)[C@@H]1CCCC[C@H]1P(=O)(C1CCCCC1)C1CCCCC1. The van der Waals surface area contributed by atoms with E-state index in [1.807, 2.05) is 0 Å². The minimum atomic E-state index is -2.37. The van der Waals surface area contributed by atoms with E-state index in [9.17, 15) is 0 Å². The van der Waals surface area contributed by atoms with Crippen molar-refractivity contribution in [1.29, 1.82) is 0 Å². The first-order valence-electron chi connectivity index (χ1n) is 15.8. The first kappa shape index (κ1) is 26.1. The van der Waals surface area contributed by atoms with Gasteiger partial charge in [0, 0.05) is 34.0 Å². The van der Waals surface area contributed by atoms with Crippen molar-refractivity contribution in [2.45, 2.75) is 188 Å². The summed E-state index contributed by atoms with van der Waals surface area (Å²) in [6.07, 6.45) is 30.3. The molecule has 2 atom stereocenters. The Bertz CT molecular complexity index is 618. The van der Waals surface area contributed by atoms with Gasteiger partial charge >= 0.3 is 0 Å². The third-order valence-electron chi connectivity index (χ3n) is 11.3. The summed E-state index contributed by atoms with van der Waals surface area (Å²) in [6, 6.07) is 0. The monoisotopic (exact) mass is 508 g/mol. The lowest BCUT2D eigenvalue weighted by molar-refractivity contribution is 0.399. The zero-order chi connectivity index (χ0) is 23.4. The predicted octanol–water partition coefficient (Wildman–Crippen LogP) is 10.4. The summed E-state index contributed by atoms with van der Waals surface area (Å²) >= 11 is 0. The van der Waals surface area contributed by atoms with Crippen LogP contribution in [0.4, 0.5) is 0 Å². The Hall–Kier alpha value is 0.460. The maximum Gasteiger partial charge on any atom is 0.0972 e. The molecule has 5 aliphatic rings. The van der Waals surface area contributed by atoms with Gasteiger partial charge < -0.3 is 9.13 Å². The molecule has 2 nitrogen and oxygen atoms in total. The molecule has 0 heterocycles. The summed E-state index contributed by atoms with van der Waals surface area (Å²) in [4.78, 5) is 0. The first-order chi connectivity index (χ1) is 16.6. The lowest BCUT2D eigenvalue weighted by atomic mass is 9.98. The maximum atomic E-state index is 15.8. The van der Waals surface area contributed by atoms with Crippen LogP contribution in [0.25, 0.3) is 0 Å². The minimum absolute atomic E-state index is 0.321. The zero-order valence-electron chi connectivity index (χ0n) is 22.1. The summed E-state index contributed by atoms with van der Waals surface area (Å²) in [7, 11) is -4.75. The molecule has 0 aromatic rings. The minimum Gasteiger partial charge on any atom is -0.323 e. The van der Waals surface area contributed by atoms with Crippen molar-refractivity contribution < 1.29 is 9.13 Å². The molecule has 5 fully saturated rings. The average molecular weight is 509 g/mol. The van der Waals surface area contributed by atoms with Gasteiger partial charge in [0.15, 0.2) is 0 Å². The normalized spacial score (nSPS) is 32.6. The number of hydrogen-bond donors (Lipinski definition) is 0. The van der Waals surface area contributed by atoms with Crippen molar-refractivity contribution in [2.24, 2.45) is 0 Å². The van der Waals surface area contributed by atoms with Crippen LogP contribution in [0.2, 0.25) is 0 Å². The van der Waals surface area contributed by atoms with Crippen LogP contribution in [0.5, 0.6) is 0 Å². The Morgan fingerprint density at radius 1 is 0.294 bits per heavy atom. The zero-order valence-corrected chi connectivity index (χ0v) is 23.9. The van der Waals surface area contributed by atoms with Crippen molar-refractivity contribution in [3.63, 3.8) is 0 Å². The summed E-state index contributed by atoms with van der Waals surface area (Å²) in [5.41, 5.74) is 2.54. The molecule has 0 saturated heterocycles. The van der Waals surface area contributed by atoms with Crippen LogP contribution in [0.3, 0.4) is 0 Å². The molecule has 196 valence electrons. The lowest BCUT2D eigenvalue weighted by Gasteiger charge is -2.52. The van der Waals surface area contributed by atoms with E-state index in [1.165, 1.54) is 141 Å². The van der Waals surface area contributed by atoms with Gasteiger partial charge in [0.05, 0.1) is 14.3 Å². The molecular formula is C30H54O2P2. The fraction of sp³-hybridized carbons (Fsp3) is 1.00. The van der Waals surface area contributed by atoms with Crippen LogP contribution in [0.15, 0.2) is 0 Å². The van der Waals surface area contributed by atoms with Gasteiger partial charge in [0.25, 0.3) is 0 Å². The van der Waals surface area contributed by atoms with Crippen molar-refractivity contribution in [3.05, 3.63) is 0 Å². The van der Waals surface area contributed by atoms with Crippen LogP contribution in [0.1, 0.15) is 154 Å². The van der Waals surface area contributed by atoms with Crippen LogP contribution >= 0.6 is 14.3 Å². The smallest absolute Gasteiger partial charge is 0.0972 e. The summed E-state index contributed by atoms with van der Waals surface area (Å²) in [5, 5.41) is 0. The molecule has 34 heavy (non-hydrogen) atoms. The van der Waals surface area contributed by atoms with Crippen molar-refractivity contribution >= 4 is 14.3 Å². The molecule has 0 amide bonds. The van der Waals surface area contributed by atoms with Gasteiger partial charge in [-0.3, -0.25) is 0 Å². The predicted molar refractivity (Wildman–Crippen MR) is 149 cm³/mol. The van der Waals surface area contributed by atoms with E-state index in [0.29, 0.717) is 34.0 Å². The molecule has 0 aliphatic heterocycles. The van der Waals surface area contributed by atoms with E-state index < -0.39 is 14.3 Å². The Labute approximate surface area is 211 Å². The third kappa shape index (κ3) is 5.09. The van der Waals surface area contributed by atoms with E-state index >= 15 is 9.13 Å². The molecule has 0 radical (unpaired) electrons. The van der Waals surface area contributed by atoms with Gasteiger partial charge in [0.2, 0.25) is 0 Å². The highest BCUT2D eigenvalue weighted by molar-refractivity contribution is 7.70. The molecule has 5 rings (SSSR count). The Morgan fingerprint density at radius 2 is 0.500 bits per heavy atom. The first-order valence-corrected chi connectivity index (χ1v) is 19.7. The number of hydrogen-bond acceptors (Lipinski definition) is 2. The summed E-state index contributed by atoms with van der Waals surface area (Å²) < 4.78 is 31.6. The Kier molecular flexibility index (Phi) is 9.12. The maximum absolute atomic E-state index is 15.8. The molecule has 0 aromatic carbocycles. The van der Waals surface area contributed by atoms with E-state index in [-0.39, 0.29) is 0 Å². The Morgan fingerprint density at radius 3 is 0.735 bits per heavy atom. The van der Waals surface area contributed by atoms with E-state index in [1.54, 1.807) is 0 Å². The standard InChI is InChI=1S/C30H54O2P2/c31-33(25-15-5-1-6-16-25,26-17-7-2-8-18-26)29-23-13-14-24-30(29)34(32,27-19-9-3-10-20-27)28-21-11-4-12-22-28/h25-30H,1-24H2/t29-,30-/m1/s1. The van der Waals surface area contributed by atoms with Crippen molar-refractivity contribution in [2.75, 3.05) is 0 Å². The second-order valence-electron chi connectivity index (χ2n) is 13.1. The molecule has 0 N–H and O–H groups in total. The molecule has 0 unspecified atom stereocenters. The van der Waals surface area contributed by atoms with Crippen molar-refractivity contribution in [1.82, 2.24) is 0 Å². The van der Waals surface area contributed by atoms with E-state index in [2.05, 4.69) is 0 Å².